The van der Waals surface area contributed by atoms with Crippen molar-refractivity contribution in [3.63, 3.8) is 0 Å². The Labute approximate surface area is 227 Å². The molecule has 12 heteroatoms. The Morgan fingerprint density at radius 1 is 1.02 bits per heavy atom. The first-order valence-electron chi connectivity index (χ1n) is 12.4. The first-order chi connectivity index (χ1) is 18.9. The summed E-state index contributed by atoms with van der Waals surface area (Å²) in [7, 11) is 2.95. The van der Waals surface area contributed by atoms with E-state index in [-0.39, 0.29) is 41.6 Å². The number of amides is 2. The van der Waals surface area contributed by atoms with E-state index in [4.69, 9.17) is 0 Å². The van der Waals surface area contributed by atoms with E-state index in [1.807, 2.05) is 0 Å². The van der Waals surface area contributed by atoms with Crippen molar-refractivity contribution in [1.29, 1.82) is 0 Å². The van der Waals surface area contributed by atoms with Crippen molar-refractivity contribution in [3.8, 4) is 5.75 Å². The molecule has 40 heavy (non-hydrogen) atoms. The van der Waals surface area contributed by atoms with Gasteiger partial charge in [-0.1, -0.05) is 18.2 Å². The molecule has 3 aliphatic carbocycles. The Kier molecular flexibility index (Phi) is 6.47. The zero-order chi connectivity index (χ0) is 29.1. The van der Waals surface area contributed by atoms with Crippen LogP contribution in [0, 0.1) is 17.7 Å². The zero-order valence-corrected chi connectivity index (χ0v) is 21.5. The minimum absolute atomic E-state index is 0.0198. The van der Waals surface area contributed by atoms with Gasteiger partial charge >= 0.3 is 0 Å². The molecule has 0 radical (unpaired) electrons. The SMILES string of the molecule is CN(C)NC(=O)C1=C(O)CC2CC3Cc4ccc(NC(=O)c5ccccc5F)c(O)c4C(=O)C3=C(O)C2(O)C1=O. The lowest BCUT2D eigenvalue weighted by Crippen LogP contribution is -2.57. The monoisotopic (exact) mass is 551 g/mol. The molecule has 0 bridgehead atoms. The van der Waals surface area contributed by atoms with E-state index in [1.54, 1.807) is 0 Å². The number of hydrogen-bond acceptors (Lipinski definition) is 9. The highest BCUT2D eigenvalue weighted by Crippen LogP contribution is 2.51. The molecule has 0 saturated heterocycles. The maximum absolute atomic E-state index is 14.1. The average molecular weight is 552 g/mol. The van der Waals surface area contributed by atoms with Gasteiger partial charge in [0.1, 0.15) is 22.9 Å². The number of anilines is 1. The van der Waals surface area contributed by atoms with Gasteiger partial charge in [-0.15, -0.1) is 0 Å². The third-order valence-electron chi connectivity index (χ3n) is 7.61. The molecule has 3 atom stereocenters. The van der Waals surface area contributed by atoms with Crippen LogP contribution in [0.4, 0.5) is 10.1 Å². The molecule has 3 unspecified atom stereocenters. The summed E-state index contributed by atoms with van der Waals surface area (Å²) in [5, 5.41) is 47.8. The van der Waals surface area contributed by atoms with E-state index < -0.39 is 69.5 Å². The fourth-order valence-electron chi connectivity index (χ4n) is 5.77. The largest absolute Gasteiger partial charge is 0.511 e. The van der Waals surface area contributed by atoms with Gasteiger partial charge in [-0.05, 0) is 42.5 Å². The van der Waals surface area contributed by atoms with E-state index in [0.29, 0.717) is 5.56 Å². The Balaban J connectivity index is 1.53. The number of hydrazine groups is 1. The third kappa shape index (κ3) is 4.03. The number of carbonyl (C=O) groups excluding carboxylic acids is 4. The van der Waals surface area contributed by atoms with Gasteiger partial charge in [-0.2, -0.15) is 0 Å². The number of aromatic hydroxyl groups is 1. The fourth-order valence-corrected chi connectivity index (χ4v) is 5.77. The fraction of sp³-hybridized carbons (Fsp3) is 0.286. The molecule has 0 aromatic heterocycles. The maximum Gasteiger partial charge on any atom is 0.272 e. The number of aliphatic hydroxyl groups is 3. The van der Waals surface area contributed by atoms with Crippen molar-refractivity contribution >= 4 is 29.1 Å². The van der Waals surface area contributed by atoms with Crippen molar-refractivity contribution in [2.24, 2.45) is 11.8 Å². The van der Waals surface area contributed by atoms with Gasteiger partial charge in [0.2, 0.25) is 5.78 Å². The first kappa shape index (κ1) is 27.0. The van der Waals surface area contributed by atoms with Crippen LogP contribution in [-0.2, 0) is 16.0 Å². The number of phenolic OH excluding ortho intramolecular Hbond substituents is 1. The maximum atomic E-state index is 14.1. The number of fused-ring (bicyclic) bond motifs is 3. The number of phenols is 1. The summed E-state index contributed by atoms with van der Waals surface area (Å²) in [5.74, 6) is -8.57. The minimum Gasteiger partial charge on any atom is -0.511 e. The summed E-state index contributed by atoms with van der Waals surface area (Å²) in [4.78, 5) is 52.3. The standard InChI is InChI=1S/C28H26FN3O8/c1-32(2)31-27(39)21-18(33)11-14-10-13-9-12-7-8-17(30-26(38)15-5-3-4-6-16(15)29)22(34)19(12)23(35)20(13)24(36)28(14,40)25(21)37/h3-8,13-14,33-34,36,40H,9-11H2,1-2H3,(H,30,38)(H,31,39). The molecular formula is C28H26FN3O8. The third-order valence-corrected chi connectivity index (χ3v) is 7.61. The van der Waals surface area contributed by atoms with E-state index in [2.05, 4.69) is 10.7 Å². The van der Waals surface area contributed by atoms with E-state index in [9.17, 15) is 44.0 Å². The molecular weight excluding hydrogens is 525 g/mol. The van der Waals surface area contributed by atoms with Crippen molar-refractivity contribution in [3.05, 3.63) is 81.6 Å². The lowest BCUT2D eigenvalue weighted by Gasteiger charge is -2.45. The summed E-state index contributed by atoms with van der Waals surface area (Å²) in [6.45, 7) is 0. The van der Waals surface area contributed by atoms with Crippen LogP contribution >= 0.6 is 0 Å². The minimum atomic E-state index is -2.66. The van der Waals surface area contributed by atoms with Crippen LogP contribution in [0.25, 0.3) is 0 Å². The molecule has 0 aliphatic heterocycles. The van der Waals surface area contributed by atoms with Crippen LogP contribution < -0.4 is 10.7 Å². The topological polar surface area (TPSA) is 176 Å². The van der Waals surface area contributed by atoms with Crippen molar-refractivity contribution in [1.82, 2.24) is 10.4 Å². The van der Waals surface area contributed by atoms with E-state index >= 15 is 0 Å². The van der Waals surface area contributed by atoms with Crippen molar-refractivity contribution in [2.45, 2.75) is 24.9 Å². The average Bonchev–Trinajstić information content (AvgIpc) is 2.87. The Bertz CT molecular complexity index is 1560. The van der Waals surface area contributed by atoms with Crippen molar-refractivity contribution in [2.75, 3.05) is 19.4 Å². The van der Waals surface area contributed by atoms with Crippen LogP contribution in [-0.4, -0.2) is 68.5 Å². The van der Waals surface area contributed by atoms with Gasteiger partial charge in [0.25, 0.3) is 11.8 Å². The highest BCUT2D eigenvalue weighted by atomic mass is 19.1. The summed E-state index contributed by atoms with van der Waals surface area (Å²) >= 11 is 0. The number of nitrogens with one attached hydrogen (secondary N) is 2. The quantitative estimate of drug-likeness (QED) is 0.189. The molecule has 0 heterocycles. The number of aliphatic hydroxyl groups excluding tert-OH is 2. The van der Waals surface area contributed by atoms with Crippen LogP contribution in [0.1, 0.15) is 39.1 Å². The lowest BCUT2D eigenvalue weighted by atomic mass is 9.60. The summed E-state index contributed by atoms with van der Waals surface area (Å²) in [6.07, 6.45) is -0.139. The molecule has 2 aromatic rings. The molecule has 208 valence electrons. The second-order valence-electron chi connectivity index (χ2n) is 10.3. The Hall–Kier alpha value is -4.55. The Morgan fingerprint density at radius 2 is 1.73 bits per heavy atom. The summed E-state index contributed by atoms with van der Waals surface area (Å²) in [5.41, 5.74) is -1.71. The van der Waals surface area contributed by atoms with Gasteiger partial charge in [0, 0.05) is 32.0 Å². The van der Waals surface area contributed by atoms with Crippen LogP contribution in [0.5, 0.6) is 5.75 Å². The molecule has 2 amide bonds. The van der Waals surface area contributed by atoms with Gasteiger partial charge in [-0.25, -0.2) is 9.40 Å². The Morgan fingerprint density at radius 3 is 2.40 bits per heavy atom. The number of nitrogens with zero attached hydrogens (tertiary/aromatic N) is 1. The molecule has 2 aromatic carbocycles. The molecule has 0 saturated carbocycles. The number of rotatable bonds is 4. The lowest BCUT2D eigenvalue weighted by molar-refractivity contribution is -0.145. The normalized spacial score (nSPS) is 23.9. The van der Waals surface area contributed by atoms with E-state index in [0.717, 1.165) is 6.07 Å². The highest BCUT2D eigenvalue weighted by molar-refractivity contribution is 6.25. The molecule has 5 rings (SSSR count). The zero-order valence-electron chi connectivity index (χ0n) is 21.5. The molecule has 3 aliphatic rings. The number of allylic oxidation sites excluding steroid dienone is 2. The number of halogens is 1. The van der Waals surface area contributed by atoms with Gasteiger partial charge in [0.15, 0.2) is 17.1 Å². The van der Waals surface area contributed by atoms with E-state index in [1.165, 1.54) is 49.4 Å². The highest BCUT2D eigenvalue weighted by Gasteiger charge is 2.59. The van der Waals surface area contributed by atoms with Crippen molar-refractivity contribution < 1.29 is 44.0 Å². The van der Waals surface area contributed by atoms with Crippen LogP contribution in [0.15, 0.2) is 59.1 Å². The summed E-state index contributed by atoms with van der Waals surface area (Å²) < 4.78 is 14.1. The molecule has 6 N–H and O–H groups in total. The first-order valence-corrected chi connectivity index (χ1v) is 12.4. The predicted molar refractivity (Wildman–Crippen MR) is 138 cm³/mol. The van der Waals surface area contributed by atoms with Crippen LogP contribution in [0.2, 0.25) is 0 Å². The number of hydrogen-bond donors (Lipinski definition) is 6. The summed E-state index contributed by atoms with van der Waals surface area (Å²) in [6, 6.07) is 8.08. The smallest absolute Gasteiger partial charge is 0.272 e. The molecule has 0 spiro atoms. The predicted octanol–water partition coefficient (Wildman–Crippen LogP) is 2.08. The van der Waals surface area contributed by atoms with Gasteiger partial charge in [-0.3, -0.25) is 24.6 Å². The van der Waals surface area contributed by atoms with Gasteiger partial charge in [0.05, 0.1) is 16.8 Å². The number of Topliss-reactive ketones (excluding diaryl/α,β-unsaturated/α-hetero) is 2. The second-order valence-corrected chi connectivity index (χ2v) is 10.3. The number of ketones is 2. The molecule has 0 fully saturated rings. The second kappa shape index (κ2) is 9.57. The number of carbonyl (C=O) groups is 4. The van der Waals surface area contributed by atoms with Gasteiger partial charge < -0.3 is 25.7 Å². The number of benzene rings is 2. The van der Waals surface area contributed by atoms with Crippen LogP contribution in [0.3, 0.4) is 0 Å². The molecule has 11 nitrogen and oxygen atoms in total.